The quantitative estimate of drug-likeness (QED) is 0.772. The highest BCUT2D eigenvalue weighted by molar-refractivity contribution is 7.96. The maximum absolute atomic E-state index is 3.30. The molecule has 3 rings (SSSR count). The lowest BCUT2D eigenvalue weighted by Gasteiger charge is -2.31. The van der Waals surface area contributed by atoms with Gasteiger partial charge in [-0.1, -0.05) is 30.9 Å². The summed E-state index contributed by atoms with van der Waals surface area (Å²) in [6, 6.07) is 1.45. The molecule has 2 heterocycles. The van der Waals surface area contributed by atoms with Crippen molar-refractivity contribution in [3.8, 4) is 0 Å². The monoisotopic (exact) mass is 263 g/mol. The Balaban J connectivity index is 1.75. The zero-order valence-corrected chi connectivity index (χ0v) is 11.7. The molecule has 4 heteroatoms. The van der Waals surface area contributed by atoms with E-state index in [1.54, 1.807) is 0 Å². The molecule has 2 aliphatic heterocycles. The highest BCUT2D eigenvalue weighted by Gasteiger charge is 2.39. The molecule has 1 saturated heterocycles. The van der Waals surface area contributed by atoms with Gasteiger partial charge in [0, 0.05) is 24.5 Å². The van der Waals surface area contributed by atoms with E-state index in [0.29, 0.717) is 6.04 Å². The molecule has 0 radical (unpaired) electrons. The first-order valence-electron chi connectivity index (χ1n) is 6.76. The van der Waals surface area contributed by atoms with E-state index >= 15 is 0 Å². The molecule has 0 bridgehead atoms. The van der Waals surface area contributed by atoms with Crippen molar-refractivity contribution < 1.29 is 0 Å². The normalized spacial score (nSPS) is 33.8. The average Bonchev–Trinajstić information content (AvgIpc) is 2.78. The van der Waals surface area contributed by atoms with Gasteiger partial charge in [0.05, 0.1) is 12.4 Å². The maximum atomic E-state index is 3.30. The topological polar surface area (TPSA) is 18.5 Å². The van der Waals surface area contributed by atoms with Gasteiger partial charge in [0.2, 0.25) is 0 Å². The van der Waals surface area contributed by atoms with Gasteiger partial charge in [-0.25, -0.2) is 4.31 Å². The van der Waals surface area contributed by atoms with Gasteiger partial charge < -0.3 is 10.2 Å². The summed E-state index contributed by atoms with van der Waals surface area (Å²) in [4.78, 5) is 2.52. The van der Waals surface area contributed by atoms with Crippen molar-refractivity contribution in [3.63, 3.8) is 0 Å². The van der Waals surface area contributed by atoms with Gasteiger partial charge in [-0.3, -0.25) is 0 Å². The summed E-state index contributed by atoms with van der Waals surface area (Å²) in [7, 11) is 0. The van der Waals surface area contributed by atoms with Crippen LogP contribution in [0.2, 0.25) is 0 Å². The van der Waals surface area contributed by atoms with E-state index in [-0.39, 0.29) is 0 Å². The van der Waals surface area contributed by atoms with Crippen molar-refractivity contribution in [3.05, 3.63) is 36.3 Å². The van der Waals surface area contributed by atoms with Crippen LogP contribution in [-0.2, 0) is 0 Å². The SMILES string of the molecule is CSN1CN(/C=C2/C=CC=CN2)[C@@H]2CCCCC21. The number of rotatable bonds is 2. The molecule has 2 atom stereocenters. The molecule has 1 aliphatic carbocycles. The molecule has 1 N–H and O–H groups in total. The predicted octanol–water partition coefficient (Wildman–Crippen LogP) is 2.67. The average molecular weight is 263 g/mol. The Hall–Kier alpha value is -0.870. The second-order valence-corrected chi connectivity index (χ2v) is 5.96. The van der Waals surface area contributed by atoms with Crippen LogP contribution >= 0.6 is 11.9 Å². The van der Waals surface area contributed by atoms with Crippen LogP contribution in [0.3, 0.4) is 0 Å². The molecule has 0 aromatic carbocycles. The molecule has 0 spiro atoms. The van der Waals surface area contributed by atoms with Gasteiger partial charge in [-0.15, -0.1) is 0 Å². The van der Waals surface area contributed by atoms with Crippen molar-refractivity contribution >= 4 is 11.9 Å². The van der Waals surface area contributed by atoms with Crippen LogP contribution in [0.15, 0.2) is 36.3 Å². The number of fused-ring (bicyclic) bond motifs is 1. The highest BCUT2D eigenvalue weighted by Crippen LogP contribution is 2.36. The molecule has 3 aliphatic rings. The van der Waals surface area contributed by atoms with E-state index in [1.807, 2.05) is 24.2 Å². The first-order chi connectivity index (χ1) is 8.88. The van der Waals surface area contributed by atoms with Crippen LogP contribution < -0.4 is 5.32 Å². The smallest absolute Gasteiger partial charge is 0.0805 e. The Morgan fingerprint density at radius 2 is 2.11 bits per heavy atom. The number of dihydropyridines is 1. The predicted molar refractivity (Wildman–Crippen MR) is 77.6 cm³/mol. The lowest BCUT2D eigenvalue weighted by Crippen LogP contribution is -2.37. The molecule has 2 fully saturated rings. The molecular formula is C14H21N3S. The molecule has 0 amide bonds. The van der Waals surface area contributed by atoms with E-state index in [4.69, 9.17) is 0 Å². The Morgan fingerprint density at radius 3 is 2.83 bits per heavy atom. The van der Waals surface area contributed by atoms with Gasteiger partial charge in [0.25, 0.3) is 0 Å². The van der Waals surface area contributed by atoms with Crippen LogP contribution in [0.4, 0.5) is 0 Å². The minimum atomic E-state index is 0.708. The Bertz CT molecular complexity index is 389. The summed E-state index contributed by atoms with van der Waals surface area (Å²) < 4.78 is 2.54. The number of allylic oxidation sites excluding steroid dienone is 3. The third-order valence-corrected chi connectivity index (χ3v) is 4.92. The van der Waals surface area contributed by atoms with Crippen molar-refractivity contribution in [1.82, 2.24) is 14.5 Å². The zero-order chi connectivity index (χ0) is 12.4. The number of nitrogens with zero attached hydrogens (tertiary/aromatic N) is 2. The minimum Gasteiger partial charge on any atom is -0.361 e. The van der Waals surface area contributed by atoms with Crippen molar-refractivity contribution in [2.24, 2.45) is 0 Å². The van der Waals surface area contributed by atoms with E-state index in [2.05, 4.69) is 39.1 Å². The van der Waals surface area contributed by atoms with Crippen LogP contribution in [0, 0.1) is 0 Å². The van der Waals surface area contributed by atoms with Crippen molar-refractivity contribution in [1.29, 1.82) is 0 Å². The summed E-state index contributed by atoms with van der Waals surface area (Å²) in [5, 5.41) is 3.30. The molecule has 3 nitrogen and oxygen atoms in total. The summed E-state index contributed by atoms with van der Waals surface area (Å²) in [5.74, 6) is 0. The van der Waals surface area contributed by atoms with E-state index in [9.17, 15) is 0 Å². The molecule has 18 heavy (non-hydrogen) atoms. The third kappa shape index (κ3) is 2.31. The highest BCUT2D eigenvalue weighted by atomic mass is 32.2. The van der Waals surface area contributed by atoms with E-state index < -0.39 is 0 Å². The molecule has 0 aromatic heterocycles. The van der Waals surface area contributed by atoms with Crippen molar-refractivity contribution in [2.45, 2.75) is 37.8 Å². The van der Waals surface area contributed by atoms with E-state index in [1.165, 1.54) is 31.4 Å². The van der Waals surface area contributed by atoms with Gasteiger partial charge in [0.1, 0.15) is 0 Å². The number of hydrogen-bond donors (Lipinski definition) is 1. The third-order valence-electron chi connectivity index (χ3n) is 4.07. The molecule has 0 aromatic rings. The fourth-order valence-corrected chi connectivity index (χ4v) is 3.95. The van der Waals surface area contributed by atoms with Gasteiger partial charge in [-0.05, 0) is 31.2 Å². The fraction of sp³-hybridized carbons (Fsp3) is 0.571. The van der Waals surface area contributed by atoms with Crippen LogP contribution in [-0.4, -0.2) is 34.2 Å². The van der Waals surface area contributed by atoms with Gasteiger partial charge >= 0.3 is 0 Å². The molecule has 1 saturated carbocycles. The van der Waals surface area contributed by atoms with Crippen LogP contribution in [0.25, 0.3) is 0 Å². The number of hydrogen-bond acceptors (Lipinski definition) is 4. The summed E-state index contributed by atoms with van der Waals surface area (Å²) in [6.07, 6.45) is 18.2. The fourth-order valence-electron chi connectivity index (χ4n) is 3.18. The summed E-state index contributed by atoms with van der Waals surface area (Å²) in [5.41, 5.74) is 1.20. The molecule has 98 valence electrons. The first kappa shape index (κ1) is 12.2. The summed E-state index contributed by atoms with van der Waals surface area (Å²) in [6.45, 7) is 1.05. The van der Waals surface area contributed by atoms with Crippen molar-refractivity contribution in [2.75, 3.05) is 12.9 Å². The second kappa shape index (κ2) is 5.41. The van der Waals surface area contributed by atoms with Crippen LogP contribution in [0.5, 0.6) is 0 Å². The van der Waals surface area contributed by atoms with Gasteiger partial charge in [0.15, 0.2) is 0 Å². The molecular weight excluding hydrogens is 242 g/mol. The zero-order valence-electron chi connectivity index (χ0n) is 10.9. The lowest BCUT2D eigenvalue weighted by molar-refractivity contribution is 0.264. The Kier molecular flexibility index (Phi) is 3.66. The lowest BCUT2D eigenvalue weighted by atomic mass is 9.91. The Labute approximate surface area is 114 Å². The van der Waals surface area contributed by atoms with Crippen LogP contribution in [0.1, 0.15) is 25.7 Å². The maximum Gasteiger partial charge on any atom is 0.0805 e. The Morgan fingerprint density at radius 1 is 1.28 bits per heavy atom. The first-order valence-corrected chi connectivity index (χ1v) is 7.95. The summed E-state index contributed by atoms with van der Waals surface area (Å²) >= 11 is 1.89. The minimum absolute atomic E-state index is 0.708. The number of nitrogens with one attached hydrogen (secondary N) is 1. The molecule has 1 unspecified atom stereocenters. The van der Waals surface area contributed by atoms with E-state index in [0.717, 1.165) is 12.7 Å². The second-order valence-electron chi connectivity index (χ2n) is 5.12. The largest absolute Gasteiger partial charge is 0.361 e. The van der Waals surface area contributed by atoms with Gasteiger partial charge in [-0.2, -0.15) is 0 Å². The standard InChI is InChI=1S/C14H21N3S/c1-18-17-11-16(10-12-6-4-5-9-15-12)13-7-2-3-8-14(13)17/h4-6,9-10,13-15H,2-3,7-8,11H2,1H3/b12-10-/t13-,14?/m1/s1.